The molecule has 1 saturated heterocycles. The number of hydrogen-bond acceptors (Lipinski definition) is 2. The van der Waals surface area contributed by atoms with Gasteiger partial charge in [-0.15, -0.1) is 10.3 Å². The monoisotopic (exact) mass is 149 g/mol. The molecule has 0 saturated carbocycles. The Labute approximate surface area is 58.7 Å². The van der Waals surface area contributed by atoms with E-state index in [0.717, 1.165) is 5.88 Å². The van der Waals surface area contributed by atoms with Crippen molar-refractivity contribution >= 4 is 10.3 Å². The lowest BCUT2D eigenvalue weighted by molar-refractivity contribution is 0.426. The second kappa shape index (κ2) is 2.48. The first-order valence-corrected chi connectivity index (χ1v) is 5.44. The van der Waals surface area contributed by atoms with E-state index >= 15 is 0 Å². The van der Waals surface area contributed by atoms with E-state index in [0.29, 0.717) is 0 Å². The molecule has 2 nitrogen and oxygen atoms in total. The van der Waals surface area contributed by atoms with Crippen LogP contribution in [0, 0.1) is 0 Å². The van der Waals surface area contributed by atoms with E-state index in [1.165, 1.54) is 12.3 Å². The quantitative estimate of drug-likeness (QED) is 0.549. The first-order valence-electron chi connectivity index (χ1n) is 3.14. The molecule has 0 aromatic rings. The minimum atomic E-state index is -0.665. The fourth-order valence-corrected chi connectivity index (χ4v) is 3.24. The van der Waals surface area contributed by atoms with Crippen molar-refractivity contribution in [2.24, 2.45) is 0 Å². The molecule has 1 atom stereocenters. The molecule has 0 bridgehead atoms. The van der Waals surface area contributed by atoms with Crippen LogP contribution in [0.4, 0.5) is 0 Å². The van der Waals surface area contributed by atoms with Crippen LogP contribution < -0.4 is 0 Å². The largest absolute Gasteiger partial charge is 0.339 e. The van der Waals surface area contributed by atoms with Gasteiger partial charge >= 0.3 is 0 Å². The van der Waals surface area contributed by atoms with Gasteiger partial charge in [-0.25, -0.2) is 0 Å². The molecule has 1 unspecified atom stereocenters. The summed E-state index contributed by atoms with van der Waals surface area (Å²) in [5.41, 5.74) is 0. The first kappa shape index (κ1) is 7.38. The minimum Gasteiger partial charge on any atom is -0.339 e. The van der Waals surface area contributed by atoms with Crippen molar-refractivity contribution in [1.82, 2.24) is 4.90 Å². The molecular formula is C6H15NOS. The van der Waals surface area contributed by atoms with E-state index in [-0.39, 0.29) is 0 Å². The summed E-state index contributed by atoms with van der Waals surface area (Å²) >= 11 is 0. The molecule has 0 radical (unpaired) electrons. The standard InChI is InChI=1S/C6H15NOS/c1-7-4-5-9(3,6-7)8-2/h4-6H2,1-3H3. The predicted octanol–water partition coefficient (Wildman–Crippen LogP) is 0.885. The van der Waals surface area contributed by atoms with Gasteiger partial charge in [0.1, 0.15) is 0 Å². The highest BCUT2D eigenvalue weighted by molar-refractivity contribution is 8.29. The number of rotatable bonds is 1. The van der Waals surface area contributed by atoms with E-state index in [1.54, 1.807) is 0 Å². The maximum absolute atomic E-state index is 5.41. The van der Waals surface area contributed by atoms with Crippen molar-refractivity contribution in [3.8, 4) is 0 Å². The lowest BCUT2D eigenvalue weighted by atomic mass is 10.7. The van der Waals surface area contributed by atoms with Gasteiger partial charge in [-0.2, -0.15) is 0 Å². The lowest BCUT2D eigenvalue weighted by Crippen LogP contribution is -2.13. The Morgan fingerprint density at radius 1 is 1.56 bits per heavy atom. The minimum absolute atomic E-state index is 0.665. The molecule has 56 valence electrons. The Morgan fingerprint density at radius 3 is 2.44 bits per heavy atom. The molecule has 0 amide bonds. The summed E-state index contributed by atoms with van der Waals surface area (Å²) in [5.74, 6) is 2.41. The zero-order valence-electron chi connectivity index (χ0n) is 6.39. The zero-order valence-corrected chi connectivity index (χ0v) is 7.20. The molecule has 1 aliphatic heterocycles. The molecule has 0 spiro atoms. The highest BCUT2D eigenvalue weighted by Gasteiger charge is 2.25. The highest BCUT2D eigenvalue weighted by atomic mass is 32.3. The normalized spacial score (nSPS) is 44.8. The van der Waals surface area contributed by atoms with Crippen molar-refractivity contribution in [3.05, 3.63) is 0 Å². The van der Waals surface area contributed by atoms with E-state index in [2.05, 4.69) is 18.2 Å². The van der Waals surface area contributed by atoms with Gasteiger partial charge in [0.2, 0.25) is 0 Å². The zero-order chi connectivity index (χ0) is 6.91. The van der Waals surface area contributed by atoms with Crippen molar-refractivity contribution < 1.29 is 4.18 Å². The number of hydrogen-bond donors (Lipinski definition) is 0. The Hall–Kier alpha value is 0.270. The van der Waals surface area contributed by atoms with Gasteiger partial charge in [-0.05, 0) is 13.3 Å². The molecule has 0 aromatic heterocycles. The summed E-state index contributed by atoms with van der Waals surface area (Å²) in [6.45, 7) is 1.21. The molecule has 1 rings (SSSR count). The van der Waals surface area contributed by atoms with Crippen molar-refractivity contribution in [1.29, 1.82) is 0 Å². The van der Waals surface area contributed by atoms with E-state index in [1.807, 2.05) is 7.11 Å². The van der Waals surface area contributed by atoms with Gasteiger partial charge < -0.3 is 4.18 Å². The average molecular weight is 149 g/mol. The third-order valence-corrected chi connectivity index (χ3v) is 4.64. The average Bonchev–Trinajstić information content (AvgIpc) is 2.13. The smallest absolute Gasteiger partial charge is 0.0495 e. The molecule has 0 N–H and O–H groups in total. The van der Waals surface area contributed by atoms with Crippen LogP contribution in [0.25, 0.3) is 0 Å². The topological polar surface area (TPSA) is 12.5 Å². The molecule has 1 aliphatic rings. The fraction of sp³-hybridized carbons (Fsp3) is 1.00. The van der Waals surface area contributed by atoms with Crippen LogP contribution in [0.3, 0.4) is 0 Å². The van der Waals surface area contributed by atoms with E-state index < -0.39 is 10.3 Å². The summed E-state index contributed by atoms with van der Waals surface area (Å²) in [6, 6.07) is 0. The van der Waals surface area contributed by atoms with Crippen LogP contribution in [0.2, 0.25) is 0 Å². The summed E-state index contributed by atoms with van der Waals surface area (Å²) in [6.07, 6.45) is 2.25. The summed E-state index contributed by atoms with van der Waals surface area (Å²) < 4.78 is 5.41. The van der Waals surface area contributed by atoms with Crippen molar-refractivity contribution in [2.75, 3.05) is 38.6 Å². The van der Waals surface area contributed by atoms with Crippen molar-refractivity contribution in [2.45, 2.75) is 0 Å². The van der Waals surface area contributed by atoms with Crippen LogP contribution in [-0.2, 0) is 4.18 Å². The Morgan fingerprint density at radius 2 is 2.22 bits per heavy atom. The summed E-state index contributed by atoms with van der Waals surface area (Å²) in [5, 5.41) is 0. The molecule has 0 aromatic carbocycles. The van der Waals surface area contributed by atoms with Crippen LogP contribution in [0.1, 0.15) is 0 Å². The van der Waals surface area contributed by atoms with Gasteiger partial charge in [-0.1, -0.05) is 0 Å². The Bertz CT molecular complexity index is 109. The SMILES string of the molecule is COS1(C)CCN(C)C1. The lowest BCUT2D eigenvalue weighted by Gasteiger charge is -2.27. The van der Waals surface area contributed by atoms with Crippen molar-refractivity contribution in [3.63, 3.8) is 0 Å². The maximum atomic E-state index is 5.41. The fourth-order valence-electron chi connectivity index (χ4n) is 1.08. The van der Waals surface area contributed by atoms with Gasteiger partial charge in [0.25, 0.3) is 0 Å². The summed E-state index contributed by atoms with van der Waals surface area (Å²) in [4.78, 5) is 2.33. The van der Waals surface area contributed by atoms with E-state index in [4.69, 9.17) is 4.18 Å². The van der Waals surface area contributed by atoms with Gasteiger partial charge in [0, 0.05) is 25.3 Å². The highest BCUT2D eigenvalue weighted by Crippen LogP contribution is 2.47. The van der Waals surface area contributed by atoms with Gasteiger partial charge in [-0.3, -0.25) is 4.90 Å². The molecule has 0 aliphatic carbocycles. The second-order valence-corrected chi connectivity index (χ2v) is 6.13. The molecule has 9 heavy (non-hydrogen) atoms. The third kappa shape index (κ3) is 1.60. The molecular weight excluding hydrogens is 134 g/mol. The van der Waals surface area contributed by atoms with Crippen LogP contribution in [0.5, 0.6) is 0 Å². The van der Waals surface area contributed by atoms with Gasteiger partial charge in [0.15, 0.2) is 0 Å². The predicted molar refractivity (Wildman–Crippen MR) is 42.9 cm³/mol. The van der Waals surface area contributed by atoms with Crippen LogP contribution in [0.15, 0.2) is 0 Å². The molecule has 1 fully saturated rings. The molecule has 1 heterocycles. The first-order chi connectivity index (χ1) is 4.16. The Kier molecular flexibility index (Phi) is 2.03. The van der Waals surface area contributed by atoms with Crippen LogP contribution in [-0.4, -0.2) is 43.5 Å². The summed E-state index contributed by atoms with van der Waals surface area (Å²) in [7, 11) is 3.31. The molecule has 3 heteroatoms. The van der Waals surface area contributed by atoms with Crippen LogP contribution >= 0.6 is 10.3 Å². The van der Waals surface area contributed by atoms with Gasteiger partial charge in [0.05, 0.1) is 0 Å². The second-order valence-electron chi connectivity index (χ2n) is 2.76. The maximum Gasteiger partial charge on any atom is 0.0495 e. The number of nitrogens with zero attached hydrogens (tertiary/aromatic N) is 1. The Balaban J connectivity index is 2.45. The third-order valence-electron chi connectivity index (χ3n) is 1.80. The van der Waals surface area contributed by atoms with E-state index in [9.17, 15) is 0 Å².